The highest BCUT2D eigenvalue weighted by molar-refractivity contribution is 7.94. The van der Waals surface area contributed by atoms with Crippen LogP contribution in [0.1, 0.15) is 12.0 Å². The number of fused-ring (bicyclic) bond motifs is 1. The van der Waals surface area contributed by atoms with Gasteiger partial charge in [-0.15, -0.1) is 0 Å². The zero-order valence-corrected chi connectivity index (χ0v) is 13.8. The molecular formula is C18H15NO4S. The van der Waals surface area contributed by atoms with Crippen LogP contribution in [0.5, 0.6) is 0 Å². The molecule has 1 aliphatic rings. The predicted octanol–water partition coefficient (Wildman–Crippen LogP) is 3.19. The number of nitrogens with zero attached hydrogens (tertiary/aromatic N) is 1. The molecule has 2 aromatic rings. The van der Waals surface area contributed by atoms with Gasteiger partial charge in [0, 0.05) is 13.5 Å². The van der Waals surface area contributed by atoms with Gasteiger partial charge in [0.05, 0.1) is 4.91 Å². The van der Waals surface area contributed by atoms with E-state index in [2.05, 4.69) is 4.40 Å². The van der Waals surface area contributed by atoms with Crippen LogP contribution in [0.4, 0.5) is 0 Å². The van der Waals surface area contributed by atoms with Crippen LogP contribution in [0, 0.1) is 0 Å². The molecule has 0 N–H and O–H groups in total. The normalized spacial score (nSPS) is 20.5. The quantitative estimate of drug-likeness (QED) is 0.632. The van der Waals surface area contributed by atoms with E-state index in [0.717, 1.165) is 22.4 Å². The van der Waals surface area contributed by atoms with Crippen molar-refractivity contribution in [1.82, 2.24) is 0 Å². The molecule has 3 rings (SSSR count). The maximum absolute atomic E-state index is 12.1. The van der Waals surface area contributed by atoms with Gasteiger partial charge in [-0.2, -0.15) is 8.42 Å². The minimum absolute atomic E-state index is 0.0168. The zero-order valence-electron chi connectivity index (χ0n) is 13.0. The Morgan fingerprint density at radius 3 is 2.67 bits per heavy atom. The SMILES string of the molecule is COC1(c2cccc3ccccc23)C=CC=C(S(=O)(=O)N=C=O)C1. The molecule has 0 amide bonds. The van der Waals surface area contributed by atoms with Crippen molar-refractivity contribution >= 4 is 26.9 Å². The number of hydrogen-bond acceptors (Lipinski definition) is 4. The van der Waals surface area contributed by atoms with Gasteiger partial charge in [-0.05, 0) is 28.5 Å². The largest absolute Gasteiger partial charge is 0.369 e. The van der Waals surface area contributed by atoms with Crippen LogP contribution in [0.3, 0.4) is 0 Å². The minimum atomic E-state index is -4.04. The fourth-order valence-electron chi connectivity index (χ4n) is 3.00. The summed E-state index contributed by atoms with van der Waals surface area (Å²) >= 11 is 0. The molecule has 6 heteroatoms. The molecule has 122 valence electrons. The Kier molecular flexibility index (Phi) is 4.20. The number of allylic oxidation sites excluding steroid dienone is 2. The molecule has 24 heavy (non-hydrogen) atoms. The first-order valence-electron chi connectivity index (χ1n) is 7.28. The van der Waals surface area contributed by atoms with E-state index >= 15 is 0 Å². The highest BCUT2D eigenvalue weighted by atomic mass is 32.2. The maximum atomic E-state index is 12.1. The van der Waals surface area contributed by atoms with Crippen LogP contribution in [0.2, 0.25) is 0 Å². The van der Waals surface area contributed by atoms with Crippen LogP contribution in [-0.4, -0.2) is 21.6 Å². The summed E-state index contributed by atoms with van der Waals surface area (Å²) in [7, 11) is -2.51. The van der Waals surface area contributed by atoms with E-state index in [1.165, 1.54) is 13.2 Å². The molecule has 0 spiro atoms. The number of hydrogen-bond donors (Lipinski definition) is 0. The molecule has 1 aliphatic carbocycles. The van der Waals surface area contributed by atoms with Crippen molar-refractivity contribution in [3.05, 3.63) is 71.2 Å². The molecular weight excluding hydrogens is 326 g/mol. The molecule has 2 aromatic carbocycles. The lowest BCUT2D eigenvalue weighted by molar-refractivity contribution is 0.0309. The van der Waals surface area contributed by atoms with Gasteiger partial charge in [-0.1, -0.05) is 52.9 Å². The lowest BCUT2D eigenvalue weighted by atomic mass is 9.84. The number of methoxy groups -OCH3 is 1. The summed E-state index contributed by atoms with van der Waals surface area (Å²) in [5.41, 5.74) is -0.0913. The van der Waals surface area contributed by atoms with Gasteiger partial charge in [-0.3, -0.25) is 0 Å². The molecule has 0 saturated carbocycles. The van der Waals surface area contributed by atoms with Crippen molar-refractivity contribution in [3.8, 4) is 0 Å². The summed E-state index contributed by atoms with van der Waals surface area (Å²) in [4.78, 5) is 10.4. The molecule has 0 radical (unpaired) electrons. The average Bonchev–Trinajstić information content (AvgIpc) is 2.61. The van der Waals surface area contributed by atoms with Crippen LogP contribution in [0.25, 0.3) is 10.8 Å². The van der Waals surface area contributed by atoms with E-state index in [9.17, 15) is 13.2 Å². The maximum Gasteiger partial charge on any atom is 0.288 e. The van der Waals surface area contributed by atoms with E-state index in [1.54, 1.807) is 6.08 Å². The van der Waals surface area contributed by atoms with Crippen molar-refractivity contribution in [1.29, 1.82) is 0 Å². The van der Waals surface area contributed by atoms with E-state index in [0.29, 0.717) is 0 Å². The number of benzene rings is 2. The molecule has 0 fully saturated rings. The summed E-state index contributed by atoms with van der Waals surface area (Å²) in [6.07, 6.45) is 6.02. The highest BCUT2D eigenvalue weighted by Gasteiger charge is 2.37. The van der Waals surface area contributed by atoms with Crippen molar-refractivity contribution in [3.63, 3.8) is 0 Å². The van der Waals surface area contributed by atoms with E-state index in [-0.39, 0.29) is 11.3 Å². The van der Waals surface area contributed by atoms with Gasteiger partial charge in [0.2, 0.25) is 0 Å². The number of isocyanates is 1. The minimum Gasteiger partial charge on any atom is -0.369 e. The molecule has 0 saturated heterocycles. The molecule has 0 bridgehead atoms. The van der Waals surface area contributed by atoms with E-state index < -0.39 is 15.6 Å². The topological polar surface area (TPSA) is 72.8 Å². The molecule has 0 heterocycles. The Bertz CT molecular complexity index is 995. The summed E-state index contributed by atoms with van der Waals surface area (Å²) < 4.78 is 32.9. The number of carbonyl (C=O) groups excluding carboxylic acids is 1. The van der Waals surface area contributed by atoms with Crippen molar-refractivity contribution < 1.29 is 17.9 Å². The zero-order chi connectivity index (χ0) is 17.2. The second kappa shape index (κ2) is 6.17. The first kappa shape index (κ1) is 16.3. The molecule has 1 atom stereocenters. The third-order valence-electron chi connectivity index (χ3n) is 4.18. The Labute approximate surface area is 140 Å². The summed E-state index contributed by atoms with van der Waals surface area (Å²) in [6.45, 7) is 0. The Balaban J connectivity index is 2.16. The molecule has 1 unspecified atom stereocenters. The lowest BCUT2D eigenvalue weighted by Crippen LogP contribution is -2.30. The smallest absolute Gasteiger partial charge is 0.288 e. The van der Waals surface area contributed by atoms with Gasteiger partial charge in [-0.25, -0.2) is 4.79 Å². The summed E-state index contributed by atoms with van der Waals surface area (Å²) in [5.74, 6) is 0. The standard InChI is InChI=1S/C18H15NO4S/c1-23-18(11-5-8-15(12-18)24(21,22)19-13-20)17-10-4-7-14-6-2-3-9-16(14)17/h2-11H,12H2,1H3. The summed E-state index contributed by atoms with van der Waals surface area (Å²) in [5, 5.41) is 2.01. The molecule has 5 nitrogen and oxygen atoms in total. The van der Waals surface area contributed by atoms with Gasteiger partial charge in [0.1, 0.15) is 5.60 Å². The first-order valence-corrected chi connectivity index (χ1v) is 8.72. The third kappa shape index (κ3) is 2.71. The van der Waals surface area contributed by atoms with Crippen molar-refractivity contribution in [2.24, 2.45) is 4.40 Å². The lowest BCUT2D eigenvalue weighted by Gasteiger charge is -2.33. The number of ether oxygens (including phenoxy) is 1. The van der Waals surface area contributed by atoms with E-state index in [4.69, 9.17) is 4.74 Å². The van der Waals surface area contributed by atoms with Crippen LogP contribution >= 0.6 is 0 Å². The first-order chi connectivity index (χ1) is 11.5. The van der Waals surface area contributed by atoms with Crippen molar-refractivity contribution in [2.45, 2.75) is 12.0 Å². The van der Waals surface area contributed by atoms with Crippen molar-refractivity contribution in [2.75, 3.05) is 7.11 Å². The van der Waals surface area contributed by atoms with E-state index in [1.807, 2.05) is 48.5 Å². The number of rotatable bonds is 4. The third-order valence-corrected chi connectivity index (χ3v) is 5.44. The Hall–Kier alpha value is -2.53. The van der Waals surface area contributed by atoms with Gasteiger partial charge >= 0.3 is 0 Å². The van der Waals surface area contributed by atoms with Gasteiger partial charge in [0.15, 0.2) is 0 Å². The molecule has 0 aliphatic heterocycles. The second-order valence-electron chi connectivity index (χ2n) is 5.45. The van der Waals surface area contributed by atoms with Gasteiger partial charge < -0.3 is 4.74 Å². The monoisotopic (exact) mass is 341 g/mol. The highest BCUT2D eigenvalue weighted by Crippen LogP contribution is 2.41. The fraction of sp³-hybridized carbons (Fsp3) is 0.167. The average molecular weight is 341 g/mol. The van der Waals surface area contributed by atoms with Crippen LogP contribution < -0.4 is 0 Å². The number of sulfonamides is 1. The predicted molar refractivity (Wildman–Crippen MR) is 91.5 cm³/mol. The van der Waals surface area contributed by atoms with Crippen LogP contribution in [-0.2, 0) is 25.2 Å². The summed E-state index contributed by atoms with van der Waals surface area (Å²) in [6, 6.07) is 13.6. The fourth-order valence-corrected chi connectivity index (χ4v) is 3.86. The Morgan fingerprint density at radius 1 is 1.17 bits per heavy atom. The second-order valence-corrected chi connectivity index (χ2v) is 7.10. The van der Waals surface area contributed by atoms with Gasteiger partial charge in [0.25, 0.3) is 16.1 Å². The Morgan fingerprint density at radius 2 is 1.92 bits per heavy atom. The molecule has 0 aromatic heterocycles. The van der Waals surface area contributed by atoms with Crippen LogP contribution in [0.15, 0.2) is 70.0 Å².